The van der Waals surface area contributed by atoms with Crippen molar-refractivity contribution in [2.45, 2.75) is 51.0 Å². The van der Waals surface area contributed by atoms with Gasteiger partial charge in [0.25, 0.3) is 0 Å². The van der Waals surface area contributed by atoms with Crippen molar-refractivity contribution in [3.63, 3.8) is 0 Å². The van der Waals surface area contributed by atoms with Gasteiger partial charge in [-0.1, -0.05) is 24.3 Å². The fourth-order valence-electron chi connectivity index (χ4n) is 3.73. The Bertz CT molecular complexity index is 885. The number of amides is 1. The van der Waals surface area contributed by atoms with Crippen LogP contribution >= 0.6 is 0 Å². The van der Waals surface area contributed by atoms with E-state index in [0.29, 0.717) is 24.2 Å². The van der Waals surface area contributed by atoms with Gasteiger partial charge in [0.2, 0.25) is 5.91 Å². The SMILES string of the molecule is COc1ccccc1C(CC(=O)O)NC(=O)CCCCc1ccc2c(n1)NCCC2. The first kappa shape index (κ1) is 21.6. The largest absolute Gasteiger partial charge is 0.496 e. The number of rotatable bonds is 10. The van der Waals surface area contributed by atoms with E-state index in [9.17, 15) is 14.7 Å². The first-order chi connectivity index (χ1) is 14.6. The van der Waals surface area contributed by atoms with Gasteiger partial charge in [-0.3, -0.25) is 9.59 Å². The molecule has 0 radical (unpaired) electrons. The van der Waals surface area contributed by atoms with Gasteiger partial charge in [0.05, 0.1) is 19.6 Å². The first-order valence-electron chi connectivity index (χ1n) is 10.4. The van der Waals surface area contributed by atoms with Gasteiger partial charge < -0.3 is 20.5 Å². The van der Waals surface area contributed by atoms with Crippen LogP contribution in [0.25, 0.3) is 0 Å². The van der Waals surface area contributed by atoms with Gasteiger partial charge in [0.15, 0.2) is 0 Å². The second kappa shape index (κ2) is 10.6. The lowest BCUT2D eigenvalue weighted by Crippen LogP contribution is -2.30. The van der Waals surface area contributed by atoms with E-state index < -0.39 is 12.0 Å². The summed E-state index contributed by atoms with van der Waals surface area (Å²) < 4.78 is 5.32. The molecule has 30 heavy (non-hydrogen) atoms. The number of anilines is 1. The molecule has 1 amide bonds. The number of unbranched alkanes of at least 4 members (excludes halogenated alkanes) is 1. The van der Waals surface area contributed by atoms with Gasteiger partial charge in [-0.05, 0) is 49.8 Å². The van der Waals surface area contributed by atoms with Gasteiger partial charge in [-0.15, -0.1) is 0 Å². The van der Waals surface area contributed by atoms with Crippen LogP contribution in [0.3, 0.4) is 0 Å². The fraction of sp³-hybridized carbons (Fsp3) is 0.435. The van der Waals surface area contributed by atoms with E-state index in [1.165, 1.54) is 12.7 Å². The molecular weight excluding hydrogens is 382 g/mol. The van der Waals surface area contributed by atoms with Crippen molar-refractivity contribution in [3.8, 4) is 5.75 Å². The Hall–Kier alpha value is -3.09. The Morgan fingerprint density at radius 1 is 1.23 bits per heavy atom. The zero-order chi connectivity index (χ0) is 21.3. The third kappa shape index (κ3) is 5.95. The third-order valence-corrected chi connectivity index (χ3v) is 5.27. The number of methoxy groups -OCH3 is 1. The summed E-state index contributed by atoms with van der Waals surface area (Å²) in [4.78, 5) is 28.4. The molecule has 2 heterocycles. The molecule has 0 saturated heterocycles. The topological polar surface area (TPSA) is 101 Å². The Morgan fingerprint density at radius 3 is 2.87 bits per heavy atom. The van der Waals surface area contributed by atoms with Gasteiger partial charge in [-0.25, -0.2) is 4.98 Å². The number of hydrogen-bond acceptors (Lipinski definition) is 5. The standard InChI is InChI=1S/C23H29N3O4/c1-30-20-10-4-3-9-18(20)19(15-22(28)29)26-21(27)11-5-2-8-17-13-12-16-7-6-14-24-23(16)25-17/h3-4,9-10,12-13,19H,2,5-8,11,14-15H2,1H3,(H,24,25)(H,26,27)(H,28,29). The zero-order valence-electron chi connectivity index (χ0n) is 17.3. The van der Waals surface area contributed by atoms with Gasteiger partial charge in [0, 0.05) is 24.2 Å². The van der Waals surface area contributed by atoms with Crippen molar-refractivity contribution in [2.75, 3.05) is 19.0 Å². The van der Waals surface area contributed by atoms with E-state index in [1.807, 2.05) is 6.07 Å². The van der Waals surface area contributed by atoms with Crippen molar-refractivity contribution in [1.29, 1.82) is 0 Å². The minimum absolute atomic E-state index is 0.160. The molecule has 0 fully saturated rings. The summed E-state index contributed by atoms with van der Waals surface area (Å²) >= 11 is 0. The number of aliphatic carboxylic acids is 1. The number of para-hydroxylation sites is 1. The minimum Gasteiger partial charge on any atom is -0.496 e. The second-order valence-electron chi connectivity index (χ2n) is 7.51. The molecule has 3 rings (SSSR count). The average molecular weight is 412 g/mol. The highest BCUT2D eigenvalue weighted by Crippen LogP contribution is 2.27. The van der Waals surface area contributed by atoms with E-state index in [2.05, 4.69) is 27.8 Å². The zero-order valence-corrected chi connectivity index (χ0v) is 17.3. The molecule has 7 heteroatoms. The summed E-state index contributed by atoms with van der Waals surface area (Å²) in [5.41, 5.74) is 2.97. The number of carbonyl (C=O) groups is 2. The number of carbonyl (C=O) groups excluding carboxylic acids is 1. The maximum atomic E-state index is 12.4. The van der Waals surface area contributed by atoms with Crippen molar-refractivity contribution in [2.24, 2.45) is 0 Å². The number of fused-ring (bicyclic) bond motifs is 1. The summed E-state index contributed by atoms with van der Waals surface area (Å²) in [5, 5.41) is 15.4. The Labute approximate surface area is 176 Å². The summed E-state index contributed by atoms with van der Waals surface area (Å²) in [7, 11) is 1.53. The molecule has 0 spiro atoms. The lowest BCUT2D eigenvalue weighted by Gasteiger charge is -2.20. The molecule has 160 valence electrons. The van der Waals surface area contributed by atoms with E-state index >= 15 is 0 Å². The molecule has 2 aromatic rings. The predicted molar refractivity (Wildman–Crippen MR) is 115 cm³/mol. The van der Waals surface area contributed by atoms with Gasteiger partial charge >= 0.3 is 5.97 Å². The van der Waals surface area contributed by atoms with E-state index in [1.54, 1.807) is 18.2 Å². The molecule has 0 saturated carbocycles. The highest BCUT2D eigenvalue weighted by atomic mass is 16.5. The Kier molecular flexibility index (Phi) is 7.65. The smallest absolute Gasteiger partial charge is 0.305 e. The number of carboxylic acids is 1. The van der Waals surface area contributed by atoms with Crippen LogP contribution in [0.4, 0.5) is 5.82 Å². The van der Waals surface area contributed by atoms with Crippen LogP contribution < -0.4 is 15.4 Å². The number of nitrogens with one attached hydrogen (secondary N) is 2. The number of hydrogen-bond donors (Lipinski definition) is 3. The van der Waals surface area contributed by atoms with Crippen molar-refractivity contribution in [1.82, 2.24) is 10.3 Å². The van der Waals surface area contributed by atoms with Crippen LogP contribution in [0.1, 0.15) is 55.0 Å². The normalized spacial score (nSPS) is 13.6. The maximum Gasteiger partial charge on any atom is 0.305 e. The van der Waals surface area contributed by atoms with Gasteiger partial charge in [0.1, 0.15) is 11.6 Å². The fourth-order valence-corrected chi connectivity index (χ4v) is 3.73. The number of nitrogens with zero attached hydrogens (tertiary/aromatic N) is 1. The van der Waals surface area contributed by atoms with Crippen LogP contribution in [-0.4, -0.2) is 35.6 Å². The van der Waals surface area contributed by atoms with Crippen molar-refractivity contribution < 1.29 is 19.4 Å². The lowest BCUT2D eigenvalue weighted by molar-refractivity contribution is -0.137. The molecule has 3 N–H and O–H groups in total. The predicted octanol–water partition coefficient (Wildman–Crippen LogP) is 3.49. The number of aromatic nitrogens is 1. The summed E-state index contributed by atoms with van der Waals surface area (Å²) in [5.74, 6) is 0.423. The number of benzene rings is 1. The molecule has 1 atom stereocenters. The molecule has 1 aromatic carbocycles. The molecule has 1 aromatic heterocycles. The van der Waals surface area contributed by atoms with Crippen molar-refractivity contribution in [3.05, 3.63) is 53.2 Å². The van der Waals surface area contributed by atoms with E-state index in [-0.39, 0.29) is 12.3 Å². The first-order valence-corrected chi connectivity index (χ1v) is 10.4. The van der Waals surface area contributed by atoms with E-state index in [4.69, 9.17) is 4.74 Å². The third-order valence-electron chi connectivity index (χ3n) is 5.27. The lowest BCUT2D eigenvalue weighted by atomic mass is 10.0. The average Bonchev–Trinajstić information content (AvgIpc) is 2.76. The van der Waals surface area contributed by atoms with Crippen LogP contribution in [0.5, 0.6) is 5.75 Å². The maximum absolute atomic E-state index is 12.4. The Balaban J connectivity index is 1.50. The summed E-state index contributed by atoms with van der Waals surface area (Å²) in [6, 6.07) is 10.7. The molecule has 1 aliphatic rings. The number of ether oxygens (including phenoxy) is 1. The summed E-state index contributed by atoms with van der Waals surface area (Å²) in [6.07, 6.45) is 4.72. The monoisotopic (exact) mass is 411 g/mol. The number of aryl methyl sites for hydroxylation is 2. The highest BCUT2D eigenvalue weighted by molar-refractivity contribution is 5.78. The molecule has 7 nitrogen and oxygen atoms in total. The number of pyridine rings is 1. The number of carboxylic acid groups (broad SMARTS) is 1. The second-order valence-corrected chi connectivity index (χ2v) is 7.51. The molecular formula is C23H29N3O4. The van der Waals surface area contributed by atoms with E-state index in [0.717, 1.165) is 43.7 Å². The van der Waals surface area contributed by atoms with Crippen molar-refractivity contribution >= 4 is 17.7 Å². The quantitative estimate of drug-likeness (QED) is 0.518. The van der Waals surface area contributed by atoms with Gasteiger partial charge in [-0.2, -0.15) is 0 Å². The highest BCUT2D eigenvalue weighted by Gasteiger charge is 2.21. The molecule has 1 aliphatic heterocycles. The van der Waals surface area contributed by atoms with Crippen LogP contribution in [-0.2, 0) is 22.4 Å². The van der Waals surface area contributed by atoms with Crippen LogP contribution in [0.2, 0.25) is 0 Å². The molecule has 0 bridgehead atoms. The Morgan fingerprint density at radius 2 is 2.07 bits per heavy atom. The van der Waals surface area contributed by atoms with Crippen LogP contribution in [0.15, 0.2) is 36.4 Å². The molecule has 1 unspecified atom stereocenters. The minimum atomic E-state index is -0.974. The molecule has 0 aliphatic carbocycles. The van der Waals surface area contributed by atoms with Crippen LogP contribution in [0, 0.1) is 0 Å². The summed E-state index contributed by atoms with van der Waals surface area (Å²) in [6.45, 7) is 0.966.